The number of H-pyrrole nitrogens is 1. The van der Waals surface area contributed by atoms with Crippen molar-refractivity contribution in [2.24, 2.45) is 0 Å². The molecule has 0 spiro atoms. The van der Waals surface area contributed by atoms with Crippen molar-refractivity contribution in [2.75, 3.05) is 0 Å². The van der Waals surface area contributed by atoms with Crippen molar-refractivity contribution in [1.82, 2.24) is 19.5 Å². The molecule has 3 rings (SSSR count). The largest absolute Gasteiger partial charge is 0.478 e. The Morgan fingerprint density at radius 3 is 2.90 bits per heavy atom. The highest BCUT2D eigenvalue weighted by Gasteiger charge is 2.11. The Bertz CT molecular complexity index is 895. The normalized spacial score (nSPS) is 10.9. The first-order valence-electron chi connectivity index (χ1n) is 6.29. The zero-order chi connectivity index (χ0) is 15.0. The third-order valence-electron chi connectivity index (χ3n) is 3.17. The average molecular weight is 284 g/mol. The molecule has 1 aromatic carbocycles. The summed E-state index contributed by atoms with van der Waals surface area (Å²) in [6.07, 6.45) is 1.64. The molecule has 0 saturated carbocycles. The van der Waals surface area contributed by atoms with Crippen molar-refractivity contribution in [2.45, 2.75) is 13.5 Å². The Labute approximate surface area is 118 Å². The topological polar surface area (TPSA) is 101 Å². The second kappa shape index (κ2) is 4.86. The standard InChI is InChI=1S/C14H12N4O3/c1-8-15-5-4-10(16-8)7-18-12-3-2-9(13(19)20)6-11(12)17-14(18)21/h2-6H,7H2,1H3,(H,17,21)(H,19,20). The summed E-state index contributed by atoms with van der Waals surface area (Å²) in [6.45, 7) is 2.08. The van der Waals surface area contributed by atoms with Crippen LogP contribution in [-0.2, 0) is 6.54 Å². The number of nitrogens with one attached hydrogen (secondary N) is 1. The van der Waals surface area contributed by atoms with Gasteiger partial charge in [-0.3, -0.25) is 4.57 Å². The summed E-state index contributed by atoms with van der Waals surface area (Å²) < 4.78 is 1.52. The van der Waals surface area contributed by atoms with E-state index in [9.17, 15) is 9.59 Å². The molecule has 2 heterocycles. The highest BCUT2D eigenvalue weighted by Crippen LogP contribution is 2.14. The molecule has 7 heteroatoms. The highest BCUT2D eigenvalue weighted by molar-refractivity contribution is 5.92. The number of aryl methyl sites for hydroxylation is 1. The minimum absolute atomic E-state index is 0.133. The molecule has 0 aliphatic carbocycles. The summed E-state index contributed by atoms with van der Waals surface area (Å²) in [5.41, 5.74) is 1.68. The predicted octanol–water partition coefficient (Wildman–Crippen LogP) is 1.17. The molecular weight excluding hydrogens is 272 g/mol. The van der Waals surface area contributed by atoms with Gasteiger partial charge in [-0.05, 0) is 31.2 Å². The lowest BCUT2D eigenvalue weighted by Gasteiger charge is -2.03. The van der Waals surface area contributed by atoms with E-state index >= 15 is 0 Å². The summed E-state index contributed by atoms with van der Waals surface area (Å²) in [4.78, 5) is 33.9. The van der Waals surface area contributed by atoms with Crippen molar-refractivity contribution in [1.29, 1.82) is 0 Å². The van der Waals surface area contributed by atoms with E-state index in [1.54, 1.807) is 25.3 Å². The number of aromatic nitrogens is 4. The van der Waals surface area contributed by atoms with Crippen LogP contribution >= 0.6 is 0 Å². The lowest BCUT2D eigenvalue weighted by atomic mass is 10.2. The second-order valence-corrected chi connectivity index (χ2v) is 4.65. The fourth-order valence-corrected chi connectivity index (χ4v) is 2.21. The van der Waals surface area contributed by atoms with Gasteiger partial charge in [0, 0.05) is 6.20 Å². The molecule has 0 aliphatic heterocycles. The quantitative estimate of drug-likeness (QED) is 0.752. The minimum Gasteiger partial charge on any atom is -0.478 e. The van der Waals surface area contributed by atoms with Crippen LogP contribution in [0.2, 0.25) is 0 Å². The second-order valence-electron chi connectivity index (χ2n) is 4.65. The minimum atomic E-state index is -1.03. The van der Waals surface area contributed by atoms with Crippen molar-refractivity contribution in [3.8, 4) is 0 Å². The van der Waals surface area contributed by atoms with Crippen molar-refractivity contribution in [3.63, 3.8) is 0 Å². The molecule has 0 bridgehead atoms. The summed E-state index contributed by atoms with van der Waals surface area (Å²) in [7, 11) is 0. The number of benzene rings is 1. The maximum Gasteiger partial charge on any atom is 0.335 e. The SMILES string of the molecule is Cc1nccc(Cn2c(=O)[nH]c3cc(C(=O)O)ccc32)n1. The smallest absolute Gasteiger partial charge is 0.335 e. The fraction of sp³-hybridized carbons (Fsp3) is 0.143. The number of fused-ring (bicyclic) bond motifs is 1. The molecule has 0 fully saturated rings. The Morgan fingerprint density at radius 2 is 2.19 bits per heavy atom. The molecule has 0 atom stereocenters. The van der Waals surface area contributed by atoms with Gasteiger partial charge in [-0.15, -0.1) is 0 Å². The van der Waals surface area contributed by atoms with E-state index in [-0.39, 0.29) is 11.3 Å². The van der Waals surface area contributed by atoms with E-state index in [1.165, 1.54) is 16.7 Å². The number of carboxylic acids is 1. The lowest BCUT2D eigenvalue weighted by molar-refractivity contribution is 0.0697. The van der Waals surface area contributed by atoms with Gasteiger partial charge >= 0.3 is 11.7 Å². The summed E-state index contributed by atoms with van der Waals surface area (Å²) in [6, 6.07) is 6.27. The molecule has 106 valence electrons. The molecule has 2 aromatic heterocycles. The Kier molecular flexibility index (Phi) is 3.02. The van der Waals surface area contributed by atoms with E-state index < -0.39 is 5.97 Å². The van der Waals surface area contributed by atoms with Crippen LogP contribution in [0.15, 0.2) is 35.3 Å². The maximum absolute atomic E-state index is 12.0. The van der Waals surface area contributed by atoms with Crippen LogP contribution < -0.4 is 5.69 Å². The molecule has 21 heavy (non-hydrogen) atoms. The number of nitrogens with zero attached hydrogens (tertiary/aromatic N) is 3. The average Bonchev–Trinajstić information content (AvgIpc) is 2.74. The van der Waals surface area contributed by atoms with Crippen LogP contribution in [0.4, 0.5) is 0 Å². The molecule has 2 N–H and O–H groups in total. The summed E-state index contributed by atoms with van der Waals surface area (Å²) >= 11 is 0. The van der Waals surface area contributed by atoms with Gasteiger partial charge in [0.15, 0.2) is 0 Å². The molecular formula is C14H12N4O3. The maximum atomic E-state index is 12.0. The molecule has 3 aromatic rings. The van der Waals surface area contributed by atoms with Crippen LogP contribution in [0.25, 0.3) is 11.0 Å². The van der Waals surface area contributed by atoms with E-state index in [1.807, 2.05) is 0 Å². The zero-order valence-electron chi connectivity index (χ0n) is 11.2. The van der Waals surface area contributed by atoms with E-state index in [0.29, 0.717) is 29.1 Å². The van der Waals surface area contributed by atoms with Gasteiger partial charge in [-0.2, -0.15) is 0 Å². The Balaban J connectivity index is 2.08. The number of hydrogen-bond donors (Lipinski definition) is 2. The van der Waals surface area contributed by atoms with Gasteiger partial charge < -0.3 is 10.1 Å². The van der Waals surface area contributed by atoms with Gasteiger partial charge in [0.1, 0.15) is 5.82 Å². The zero-order valence-corrected chi connectivity index (χ0v) is 11.2. The van der Waals surface area contributed by atoms with Gasteiger partial charge in [0.2, 0.25) is 0 Å². The van der Waals surface area contributed by atoms with Crippen LogP contribution in [-0.4, -0.2) is 30.6 Å². The van der Waals surface area contributed by atoms with Crippen LogP contribution in [0.3, 0.4) is 0 Å². The molecule has 0 aliphatic rings. The van der Waals surface area contributed by atoms with Crippen molar-refractivity contribution < 1.29 is 9.90 Å². The first-order chi connectivity index (χ1) is 10.0. The molecule has 0 unspecified atom stereocenters. The highest BCUT2D eigenvalue weighted by atomic mass is 16.4. The van der Waals surface area contributed by atoms with Gasteiger partial charge in [-0.25, -0.2) is 19.6 Å². The van der Waals surface area contributed by atoms with Crippen molar-refractivity contribution >= 4 is 17.0 Å². The van der Waals surface area contributed by atoms with E-state index in [0.717, 1.165) is 0 Å². The van der Waals surface area contributed by atoms with Crippen molar-refractivity contribution in [3.05, 3.63) is 58.0 Å². The number of aromatic carboxylic acids is 1. The Morgan fingerprint density at radius 1 is 1.38 bits per heavy atom. The molecule has 0 radical (unpaired) electrons. The fourth-order valence-electron chi connectivity index (χ4n) is 2.21. The van der Waals surface area contributed by atoms with Gasteiger partial charge in [-0.1, -0.05) is 0 Å². The monoisotopic (exact) mass is 284 g/mol. The lowest BCUT2D eigenvalue weighted by Crippen LogP contribution is -2.18. The van der Waals surface area contributed by atoms with E-state index in [4.69, 9.17) is 5.11 Å². The third kappa shape index (κ3) is 2.40. The number of hydrogen-bond acceptors (Lipinski definition) is 4. The number of aromatic amines is 1. The number of carbonyl (C=O) groups is 1. The van der Waals surface area contributed by atoms with Crippen LogP contribution in [0, 0.1) is 6.92 Å². The summed E-state index contributed by atoms with van der Waals surface area (Å²) in [5, 5.41) is 8.97. The first kappa shape index (κ1) is 13.0. The third-order valence-corrected chi connectivity index (χ3v) is 3.17. The molecule has 7 nitrogen and oxygen atoms in total. The predicted molar refractivity (Wildman–Crippen MR) is 75.4 cm³/mol. The number of rotatable bonds is 3. The first-order valence-corrected chi connectivity index (χ1v) is 6.29. The number of carboxylic acid groups (broad SMARTS) is 1. The Hall–Kier alpha value is -2.96. The summed E-state index contributed by atoms with van der Waals surface area (Å²) in [5.74, 6) is -0.398. The van der Waals surface area contributed by atoms with Gasteiger partial charge in [0.25, 0.3) is 0 Å². The van der Waals surface area contributed by atoms with Crippen LogP contribution in [0.5, 0.6) is 0 Å². The molecule has 0 amide bonds. The molecule has 0 saturated heterocycles. The van der Waals surface area contributed by atoms with E-state index in [2.05, 4.69) is 15.0 Å². The van der Waals surface area contributed by atoms with Crippen LogP contribution in [0.1, 0.15) is 21.9 Å². The number of imidazole rings is 1. The van der Waals surface area contributed by atoms with Gasteiger partial charge in [0.05, 0.1) is 28.8 Å².